The second-order valence-electron chi connectivity index (χ2n) is 15.2. The number of rotatable bonds is 6. The highest BCUT2D eigenvalue weighted by Crippen LogP contribution is 2.58. The van der Waals surface area contributed by atoms with E-state index in [1.807, 2.05) is 0 Å². The molecule has 1 unspecified atom stereocenters. The van der Waals surface area contributed by atoms with Gasteiger partial charge in [-0.05, 0) is 110 Å². The molecule has 1 nitrogen and oxygen atoms in total. The van der Waals surface area contributed by atoms with Crippen molar-refractivity contribution < 1.29 is 0 Å². The van der Waals surface area contributed by atoms with Crippen LogP contribution in [0.25, 0.3) is 33.4 Å². The van der Waals surface area contributed by atoms with Crippen molar-refractivity contribution in [1.82, 2.24) is 0 Å². The standard InChI is InChI=1S/C53H41N/c1-52(2)48-25-15-13-23-44(48)46-33-31-43(36-51(46)52)54(41-29-27-38(28-30-41)37-17-7-5-8-18-37)42-32-34-50-47(35-42)45-24-14-16-26-49(45)53(50,40-21-11-6-12-22-40)39-19-9-3-4-10-20-39/h3-9,11-36H,10H2,1-2H3. The van der Waals surface area contributed by atoms with Gasteiger partial charge in [-0.3, -0.25) is 0 Å². The van der Waals surface area contributed by atoms with E-state index in [1.54, 1.807) is 0 Å². The first-order valence-electron chi connectivity index (χ1n) is 19.1. The highest BCUT2D eigenvalue weighted by molar-refractivity contribution is 5.91. The van der Waals surface area contributed by atoms with Gasteiger partial charge >= 0.3 is 0 Å². The third-order valence-corrected chi connectivity index (χ3v) is 12.0. The summed E-state index contributed by atoms with van der Waals surface area (Å²) in [6.07, 6.45) is 12.2. The van der Waals surface area contributed by atoms with Crippen molar-refractivity contribution in [2.75, 3.05) is 4.90 Å². The van der Waals surface area contributed by atoms with Crippen LogP contribution in [0.4, 0.5) is 17.1 Å². The van der Waals surface area contributed by atoms with E-state index in [9.17, 15) is 0 Å². The third-order valence-electron chi connectivity index (χ3n) is 12.0. The predicted molar refractivity (Wildman–Crippen MR) is 227 cm³/mol. The molecule has 3 aliphatic carbocycles. The normalized spacial score (nSPS) is 17.2. The predicted octanol–water partition coefficient (Wildman–Crippen LogP) is 13.9. The van der Waals surface area contributed by atoms with Gasteiger partial charge in [0.2, 0.25) is 0 Å². The van der Waals surface area contributed by atoms with Crippen molar-refractivity contribution >= 4 is 17.1 Å². The van der Waals surface area contributed by atoms with E-state index < -0.39 is 5.41 Å². The first-order chi connectivity index (χ1) is 26.5. The summed E-state index contributed by atoms with van der Waals surface area (Å²) in [4.78, 5) is 2.45. The molecule has 0 saturated carbocycles. The molecule has 1 atom stereocenters. The van der Waals surface area contributed by atoms with E-state index in [2.05, 4.69) is 219 Å². The minimum Gasteiger partial charge on any atom is -0.310 e. The van der Waals surface area contributed by atoms with Gasteiger partial charge in [0.05, 0.1) is 5.41 Å². The highest BCUT2D eigenvalue weighted by atomic mass is 15.1. The Balaban J connectivity index is 1.19. The Kier molecular flexibility index (Phi) is 7.52. The molecular formula is C53H41N. The first kappa shape index (κ1) is 32.2. The van der Waals surface area contributed by atoms with Gasteiger partial charge in [-0.25, -0.2) is 0 Å². The summed E-state index contributed by atoms with van der Waals surface area (Å²) in [6.45, 7) is 4.73. The summed E-state index contributed by atoms with van der Waals surface area (Å²) in [5, 5.41) is 0. The Morgan fingerprint density at radius 3 is 1.80 bits per heavy atom. The van der Waals surface area contributed by atoms with Crippen LogP contribution in [0.3, 0.4) is 0 Å². The van der Waals surface area contributed by atoms with Crippen molar-refractivity contribution in [1.29, 1.82) is 0 Å². The molecule has 7 aromatic carbocycles. The zero-order chi connectivity index (χ0) is 36.3. The number of allylic oxidation sites excluding steroid dienone is 6. The smallest absolute Gasteiger partial charge is 0.0710 e. The maximum absolute atomic E-state index is 2.45. The molecule has 3 aliphatic rings. The summed E-state index contributed by atoms with van der Waals surface area (Å²) in [5.74, 6) is 0. The third kappa shape index (κ3) is 4.85. The van der Waals surface area contributed by atoms with Crippen LogP contribution < -0.4 is 4.90 Å². The summed E-state index contributed by atoms with van der Waals surface area (Å²) in [5.41, 5.74) is 18.5. The Bertz CT molecular complexity index is 2640. The number of nitrogens with zero attached hydrogens (tertiary/aromatic N) is 1. The van der Waals surface area contributed by atoms with E-state index in [0.29, 0.717) is 0 Å². The maximum Gasteiger partial charge on any atom is 0.0710 e. The van der Waals surface area contributed by atoms with Crippen molar-refractivity contribution in [3.63, 3.8) is 0 Å². The Morgan fingerprint density at radius 2 is 1.02 bits per heavy atom. The molecular weight excluding hydrogens is 651 g/mol. The fourth-order valence-corrected chi connectivity index (χ4v) is 9.46. The number of fused-ring (bicyclic) bond motifs is 6. The average molecular weight is 692 g/mol. The topological polar surface area (TPSA) is 3.24 Å². The van der Waals surface area contributed by atoms with Crippen LogP contribution >= 0.6 is 0 Å². The summed E-state index contributed by atoms with van der Waals surface area (Å²) in [7, 11) is 0. The van der Waals surface area contributed by atoms with Crippen LogP contribution in [0.1, 0.15) is 48.1 Å². The van der Waals surface area contributed by atoms with Crippen LogP contribution in [0, 0.1) is 0 Å². The van der Waals surface area contributed by atoms with E-state index in [4.69, 9.17) is 0 Å². The monoisotopic (exact) mass is 691 g/mol. The van der Waals surface area contributed by atoms with Crippen molar-refractivity contribution in [2.45, 2.75) is 31.1 Å². The molecule has 0 radical (unpaired) electrons. The lowest BCUT2D eigenvalue weighted by Gasteiger charge is -2.35. The highest BCUT2D eigenvalue weighted by Gasteiger charge is 2.47. The molecule has 0 amide bonds. The van der Waals surface area contributed by atoms with Gasteiger partial charge in [0.15, 0.2) is 0 Å². The molecule has 10 rings (SSSR count). The molecule has 0 spiro atoms. The van der Waals surface area contributed by atoms with E-state index in [1.165, 1.54) is 66.8 Å². The van der Waals surface area contributed by atoms with Crippen LogP contribution in [-0.4, -0.2) is 0 Å². The van der Waals surface area contributed by atoms with Gasteiger partial charge in [-0.15, -0.1) is 0 Å². The van der Waals surface area contributed by atoms with Gasteiger partial charge in [0.1, 0.15) is 0 Å². The average Bonchev–Trinajstić information content (AvgIpc) is 3.44. The van der Waals surface area contributed by atoms with Gasteiger partial charge in [0, 0.05) is 22.5 Å². The molecule has 0 aliphatic heterocycles. The molecule has 1 heteroatoms. The maximum atomic E-state index is 2.45. The van der Waals surface area contributed by atoms with E-state index >= 15 is 0 Å². The van der Waals surface area contributed by atoms with Crippen molar-refractivity contribution in [2.24, 2.45) is 0 Å². The lowest BCUT2D eigenvalue weighted by atomic mass is 9.67. The largest absolute Gasteiger partial charge is 0.310 e. The van der Waals surface area contributed by atoms with Gasteiger partial charge in [-0.1, -0.05) is 178 Å². The fourth-order valence-electron chi connectivity index (χ4n) is 9.46. The summed E-state index contributed by atoms with van der Waals surface area (Å²) < 4.78 is 0. The van der Waals surface area contributed by atoms with Gasteiger partial charge in [0.25, 0.3) is 0 Å². The number of hydrogen-bond acceptors (Lipinski definition) is 1. The second-order valence-corrected chi connectivity index (χ2v) is 15.2. The SMILES string of the molecule is CC1(C)c2ccccc2-c2ccc(N(c3ccc(-c4ccccc4)cc3)c3ccc4c(c3)-c3ccccc3C4(C3=CCC=CC=C3)c3ccccc3)cc21. The van der Waals surface area contributed by atoms with Crippen LogP contribution in [-0.2, 0) is 10.8 Å². The Hall–Kier alpha value is -6.44. The molecule has 0 heterocycles. The minimum atomic E-state index is -0.431. The molecule has 0 saturated heterocycles. The fraction of sp³-hybridized carbons (Fsp3) is 0.0943. The van der Waals surface area contributed by atoms with Crippen LogP contribution in [0.5, 0.6) is 0 Å². The Morgan fingerprint density at radius 1 is 0.444 bits per heavy atom. The van der Waals surface area contributed by atoms with E-state index in [0.717, 1.165) is 23.5 Å². The van der Waals surface area contributed by atoms with Gasteiger partial charge in [-0.2, -0.15) is 0 Å². The number of anilines is 3. The molecule has 0 fully saturated rings. The minimum absolute atomic E-state index is 0.105. The van der Waals surface area contributed by atoms with Crippen molar-refractivity contribution in [3.05, 3.63) is 234 Å². The molecule has 258 valence electrons. The quantitative estimate of drug-likeness (QED) is 0.168. The summed E-state index contributed by atoms with van der Waals surface area (Å²) in [6, 6.07) is 63.0. The molecule has 7 aromatic rings. The van der Waals surface area contributed by atoms with Crippen LogP contribution in [0.2, 0.25) is 0 Å². The van der Waals surface area contributed by atoms with Crippen molar-refractivity contribution in [3.8, 4) is 33.4 Å². The molecule has 0 aromatic heterocycles. The molecule has 54 heavy (non-hydrogen) atoms. The number of hydrogen-bond donors (Lipinski definition) is 0. The summed E-state index contributed by atoms with van der Waals surface area (Å²) >= 11 is 0. The molecule has 0 N–H and O–H groups in total. The Labute approximate surface area is 318 Å². The molecule has 0 bridgehead atoms. The first-order valence-corrected chi connectivity index (χ1v) is 19.1. The number of benzene rings is 7. The van der Waals surface area contributed by atoms with E-state index in [-0.39, 0.29) is 5.41 Å². The zero-order valence-corrected chi connectivity index (χ0v) is 30.7. The van der Waals surface area contributed by atoms with Crippen LogP contribution in [0.15, 0.2) is 206 Å². The second kappa shape index (κ2) is 12.6. The lowest BCUT2D eigenvalue weighted by molar-refractivity contribution is 0.660. The lowest BCUT2D eigenvalue weighted by Crippen LogP contribution is -2.29. The zero-order valence-electron chi connectivity index (χ0n) is 30.7. The van der Waals surface area contributed by atoms with Gasteiger partial charge < -0.3 is 4.90 Å².